The molecule has 1 aliphatic heterocycles. The number of hydrogen-bond donors (Lipinski definition) is 0. The summed E-state index contributed by atoms with van der Waals surface area (Å²) in [6.45, 7) is 1.53. The van der Waals surface area contributed by atoms with Crippen LogP contribution < -0.4 is 4.90 Å². The minimum absolute atomic E-state index is 0.161. The standard InChI is InChI=1S/C13H16FNO2/c1-17-11-3-2-6-15(8-11)13-5-4-10(9-16)7-12(13)14/h4-5,7,9,11H,2-3,6,8H2,1H3. The van der Waals surface area contributed by atoms with Crippen molar-refractivity contribution in [3.63, 3.8) is 0 Å². The number of benzene rings is 1. The lowest BCUT2D eigenvalue weighted by Gasteiger charge is -2.33. The second kappa shape index (κ2) is 5.27. The summed E-state index contributed by atoms with van der Waals surface area (Å²) in [7, 11) is 1.68. The topological polar surface area (TPSA) is 29.5 Å². The first kappa shape index (κ1) is 12.0. The van der Waals surface area contributed by atoms with Gasteiger partial charge in [-0.25, -0.2) is 4.39 Å². The van der Waals surface area contributed by atoms with E-state index in [4.69, 9.17) is 4.74 Å². The summed E-state index contributed by atoms with van der Waals surface area (Å²) < 4.78 is 19.1. The summed E-state index contributed by atoms with van der Waals surface area (Å²) in [5.41, 5.74) is 0.920. The number of hydrogen-bond acceptors (Lipinski definition) is 3. The molecule has 0 spiro atoms. The maximum atomic E-state index is 13.8. The Kier molecular flexibility index (Phi) is 3.74. The van der Waals surface area contributed by atoms with Gasteiger partial charge in [0.25, 0.3) is 0 Å². The van der Waals surface area contributed by atoms with Crippen LogP contribution in [0.4, 0.5) is 10.1 Å². The van der Waals surface area contributed by atoms with E-state index in [0.717, 1.165) is 19.4 Å². The van der Waals surface area contributed by atoms with Crippen LogP contribution in [0.5, 0.6) is 0 Å². The molecule has 1 heterocycles. The zero-order chi connectivity index (χ0) is 12.3. The van der Waals surface area contributed by atoms with Crippen LogP contribution in [0.3, 0.4) is 0 Å². The fourth-order valence-corrected chi connectivity index (χ4v) is 2.20. The van der Waals surface area contributed by atoms with Gasteiger partial charge in [0.1, 0.15) is 12.1 Å². The molecule has 0 radical (unpaired) electrons. The van der Waals surface area contributed by atoms with E-state index in [1.54, 1.807) is 19.2 Å². The predicted molar refractivity (Wildman–Crippen MR) is 64.0 cm³/mol. The number of carbonyl (C=O) groups excluding carboxylic acids is 1. The average molecular weight is 237 g/mol. The number of methoxy groups -OCH3 is 1. The van der Waals surface area contributed by atoms with Gasteiger partial charge in [0.2, 0.25) is 0 Å². The molecule has 2 rings (SSSR count). The summed E-state index contributed by atoms with van der Waals surface area (Å²) in [5.74, 6) is -0.341. The Balaban J connectivity index is 2.18. The van der Waals surface area contributed by atoms with Gasteiger partial charge in [-0.1, -0.05) is 0 Å². The SMILES string of the molecule is COC1CCCN(c2ccc(C=O)cc2F)C1. The number of anilines is 1. The molecule has 1 atom stereocenters. The van der Waals surface area contributed by atoms with Gasteiger partial charge in [-0.3, -0.25) is 4.79 Å². The maximum Gasteiger partial charge on any atom is 0.150 e. The van der Waals surface area contributed by atoms with Gasteiger partial charge in [0.15, 0.2) is 0 Å². The van der Waals surface area contributed by atoms with Crippen molar-refractivity contribution in [2.24, 2.45) is 0 Å². The minimum Gasteiger partial charge on any atom is -0.380 e. The summed E-state index contributed by atoms with van der Waals surface area (Å²) in [4.78, 5) is 12.5. The number of piperidine rings is 1. The van der Waals surface area contributed by atoms with Gasteiger partial charge < -0.3 is 9.64 Å². The van der Waals surface area contributed by atoms with Crippen molar-refractivity contribution in [2.45, 2.75) is 18.9 Å². The molecule has 0 amide bonds. The highest BCUT2D eigenvalue weighted by molar-refractivity contribution is 5.76. The molecular formula is C13H16FNO2. The van der Waals surface area contributed by atoms with Crippen LogP contribution >= 0.6 is 0 Å². The van der Waals surface area contributed by atoms with Gasteiger partial charge in [-0.05, 0) is 31.0 Å². The van der Waals surface area contributed by atoms with Crippen LogP contribution in [0.25, 0.3) is 0 Å². The third kappa shape index (κ3) is 2.64. The van der Waals surface area contributed by atoms with Crippen LogP contribution in [0.1, 0.15) is 23.2 Å². The van der Waals surface area contributed by atoms with E-state index in [1.165, 1.54) is 6.07 Å². The molecule has 0 N–H and O–H groups in total. The Labute approximate surface area is 100 Å². The lowest BCUT2D eigenvalue weighted by molar-refractivity contribution is 0.0891. The van der Waals surface area contributed by atoms with Crippen molar-refractivity contribution in [1.82, 2.24) is 0 Å². The fraction of sp³-hybridized carbons (Fsp3) is 0.462. The van der Waals surface area contributed by atoms with Crippen LogP contribution in [0, 0.1) is 5.82 Å². The average Bonchev–Trinajstić information content (AvgIpc) is 2.38. The second-order valence-corrected chi connectivity index (χ2v) is 4.27. The molecule has 1 aromatic carbocycles. The smallest absolute Gasteiger partial charge is 0.150 e. The molecule has 0 aliphatic carbocycles. The van der Waals surface area contributed by atoms with E-state index in [-0.39, 0.29) is 11.9 Å². The molecule has 17 heavy (non-hydrogen) atoms. The molecule has 4 heteroatoms. The van der Waals surface area contributed by atoms with E-state index in [0.29, 0.717) is 24.1 Å². The fourth-order valence-electron chi connectivity index (χ4n) is 2.20. The monoisotopic (exact) mass is 237 g/mol. The van der Waals surface area contributed by atoms with Crippen LogP contribution in [0.2, 0.25) is 0 Å². The third-order valence-corrected chi connectivity index (χ3v) is 3.16. The Morgan fingerprint density at radius 1 is 1.53 bits per heavy atom. The number of carbonyl (C=O) groups is 1. The number of halogens is 1. The van der Waals surface area contributed by atoms with E-state index in [1.807, 2.05) is 4.90 Å². The molecule has 1 aromatic rings. The molecule has 1 unspecified atom stereocenters. The first-order valence-corrected chi connectivity index (χ1v) is 5.77. The molecule has 1 fully saturated rings. The van der Waals surface area contributed by atoms with Crippen LogP contribution in [-0.4, -0.2) is 32.6 Å². The molecule has 1 saturated heterocycles. The van der Waals surface area contributed by atoms with Crippen molar-refractivity contribution < 1.29 is 13.9 Å². The highest BCUT2D eigenvalue weighted by Crippen LogP contribution is 2.24. The highest BCUT2D eigenvalue weighted by atomic mass is 19.1. The first-order valence-electron chi connectivity index (χ1n) is 5.77. The Bertz CT molecular complexity index is 408. The quantitative estimate of drug-likeness (QED) is 0.755. The molecule has 92 valence electrons. The number of rotatable bonds is 3. The summed E-state index contributed by atoms with van der Waals surface area (Å²) in [6.07, 6.45) is 2.82. The van der Waals surface area contributed by atoms with E-state index >= 15 is 0 Å². The highest BCUT2D eigenvalue weighted by Gasteiger charge is 2.21. The summed E-state index contributed by atoms with van der Waals surface area (Å²) in [5, 5.41) is 0. The summed E-state index contributed by atoms with van der Waals surface area (Å²) in [6, 6.07) is 4.58. The molecule has 0 bridgehead atoms. The van der Waals surface area contributed by atoms with Crippen LogP contribution in [-0.2, 0) is 4.74 Å². The summed E-state index contributed by atoms with van der Waals surface area (Å²) >= 11 is 0. The number of nitrogens with zero attached hydrogens (tertiary/aromatic N) is 1. The van der Waals surface area contributed by atoms with E-state index < -0.39 is 0 Å². The molecular weight excluding hydrogens is 221 g/mol. The number of ether oxygens (including phenoxy) is 1. The van der Waals surface area contributed by atoms with Crippen molar-refractivity contribution in [1.29, 1.82) is 0 Å². The predicted octanol–water partition coefficient (Wildman–Crippen LogP) is 2.25. The van der Waals surface area contributed by atoms with Crippen molar-refractivity contribution >= 4 is 12.0 Å². The van der Waals surface area contributed by atoms with Gasteiger partial charge in [0.05, 0.1) is 11.8 Å². The largest absolute Gasteiger partial charge is 0.380 e. The lowest BCUT2D eigenvalue weighted by Crippen LogP contribution is -2.39. The Hall–Kier alpha value is -1.42. The molecule has 1 aliphatic rings. The zero-order valence-corrected chi connectivity index (χ0v) is 9.86. The zero-order valence-electron chi connectivity index (χ0n) is 9.86. The molecule has 0 saturated carbocycles. The van der Waals surface area contributed by atoms with Crippen molar-refractivity contribution in [3.05, 3.63) is 29.6 Å². The van der Waals surface area contributed by atoms with Gasteiger partial charge in [-0.15, -0.1) is 0 Å². The second-order valence-electron chi connectivity index (χ2n) is 4.27. The maximum absolute atomic E-state index is 13.8. The molecule has 3 nitrogen and oxygen atoms in total. The molecule has 0 aromatic heterocycles. The van der Waals surface area contributed by atoms with Gasteiger partial charge >= 0.3 is 0 Å². The van der Waals surface area contributed by atoms with E-state index in [2.05, 4.69) is 0 Å². The third-order valence-electron chi connectivity index (χ3n) is 3.16. The normalized spacial score (nSPS) is 20.4. The minimum atomic E-state index is -0.341. The van der Waals surface area contributed by atoms with Crippen molar-refractivity contribution in [2.75, 3.05) is 25.1 Å². The van der Waals surface area contributed by atoms with Gasteiger partial charge in [0, 0.05) is 25.8 Å². The Morgan fingerprint density at radius 3 is 3.00 bits per heavy atom. The van der Waals surface area contributed by atoms with Crippen molar-refractivity contribution in [3.8, 4) is 0 Å². The van der Waals surface area contributed by atoms with Gasteiger partial charge in [-0.2, -0.15) is 0 Å². The van der Waals surface area contributed by atoms with E-state index in [9.17, 15) is 9.18 Å². The first-order chi connectivity index (χ1) is 8.24. The lowest BCUT2D eigenvalue weighted by atomic mass is 10.1. The Morgan fingerprint density at radius 2 is 2.35 bits per heavy atom. The van der Waals surface area contributed by atoms with Crippen LogP contribution in [0.15, 0.2) is 18.2 Å². The number of aldehydes is 1.